The molecule has 0 radical (unpaired) electrons. The lowest BCUT2D eigenvalue weighted by atomic mass is 10.00. The lowest BCUT2D eigenvalue weighted by Gasteiger charge is -2.16. The molecule has 0 fully saturated rings. The van der Waals surface area contributed by atoms with E-state index in [-0.39, 0.29) is 10.6 Å². The van der Waals surface area contributed by atoms with E-state index in [1.165, 1.54) is 6.07 Å². The fraction of sp³-hybridized carbons (Fsp3) is 0.200. The van der Waals surface area contributed by atoms with E-state index in [1.54, 1.807) is 12.1 Å². The third kappa shape index (κ3) is 3.13. The summed E-state index contributed by atoms with van der Waals surface area (Å²) in [6.45, 7) is 1.13. The van der Waals surface area contributed by atoms with Crippen LogP contribution in [0.5, 0.6) is 0 Å². The van der Waals surface area contributed by atoms with Crippen molar-refractivity contribution in [3.05, 3.63) is 87.5 Å². The van der Waals surface area contributed by atoms with E-state index in [9.17, 15) is 10.1 Å². The maximum Gasteiger partial charge on any atom is 0.270 e. The lowest BCUT2D eigenvalue weighted by Crippen LogP contribution is -2.16. The van der Waals surface area contributed by atoms with Crippen molar-refractivity contribution >= 4 is 11.4 Å². The molecule has 2 aromatic carbocycles. The first-order valence-corrected chi connectivity index (χ1v) is 8.64. The van der Waals surface area contributed by atoms with Crippen LogP contribution < -0.4 is 0 Å². The van der Waals surface area contributed by atoms with Crippen molar-refractivity contribution in [2.75, 3.05) is 14.1 Å². The van der Waals surface area contributed by atoms with Crippen molar-refractivity contribution in [1.82, 2.24) is 14.5 Å². The molecule has 0 aliphatic carbocycles. The monoisotopic (exact) mass is 361 g/mol. The quantitative estimate of drug-likeness (QED) is 0.528. The second-order valence-corrected chi connectivity index (χ2v) is 6.73. The molecule has 0 N–H and O–H groups in total. The Labute approximate surface area is 156 Å². The first-order valence-electron chi connectivity index (χ1n) is 8.64. The maximum absolute atomic E-state index is 11.4. The average molecular weight is 361 g/mol. The van der Waals surface area contributed by atoms with E-state index in [4.69, 9.17) is 4.99 Å². The summed E-state index contributed by atoms with van der Waals surface area (Å²) in [6, 6.07) is 14.7. The van der Waals surface area contributed by atoms with Gasteiger partial charge in [-0.1, -0.05) is 30.3 Å². The highest BCUT2D eigenvalue weighted by molar-refractivity contribution is 6.15. The van der Waals surface area contributed by atoms with Gasteiger partial charge in [0, 0.05) is 29.8 Å². The molecule has 0 amide bonds. The predicted octanol–water partition coefficient (Wildman–Crippen LogP) is 3.19. The van der Waals surface area contributed by atoms with E-state index in [1.807, 2.05) is 50.6 Å². The summed E-state index contributed by atoms with van der Waals surface area (Å²) in [5, 5.41) is 11.4. The van der Waals surface area contributed by atoms with Crippen molar-refractivity contribution in [2.45, 2.75) is 13.1 Å². The predicted molar refractivity (Wildman–Crippen MR) is 103 cm³/mol. The second-order valence-electron chi connectivity index (χ2n) is 6.73. The molecule has 0 unspecified atom stereocenters. The van der Waals surface area contributed by atoms with Crippen LogP contribution in [0.25, 0.3) is 5.69 Å². The molecule has 2 heterocycles. The number of fused-ring (bicyclic) bond motifs is 3. The molecule has 0 bridgehead atoms. The van der Waals surface area contributed by atoms with Crippen LogP contribution in [0.1, 0.15) is 22.6 Å². The average Bonchev–Trinajstić information content (AvgIpc) is 2.96. The summed E-state index contributed by atoms with van der Waals surface area (Å²) in [6.07, 6.45) is 1.85. The standard InChI is InChI=1S/C20H19N5O2/c1-23(2)13-16-11-21-19-12-22-20(14-6-4-3-5-7-14)17-10-15(25(26)27)8-9-18(17)24(16)19/h3-11H,12-13H2,1-2H3. The third-order valence-corrected chi connectivity index (χ3v) is 4.50. The van der Waals surface area contributed by atoms with Crippen LogP contribution in [0.4, 0.5) is 5.69 Å². The fourth-order valence-electron chi connectivity index (χ4n) is 3.37. The molecular weight excluding hydrogens is 342 g/mol. The van der Waals surface area contributed by atoms with Crippen LogP contribution in [-0.4, -0.2) is 39.2 Å². The summed E-state index contributed by atoms with van der Waals surface area (Å²) >= 11 is 0. The normalized spacial score (nSPS) is 12.9. The molecule has 1 aliphatic heterocycles. The zero-order valence-corrected chi connectivity index (χ0v) is 15.2. The number of hydrogen-bond acceptors (Lipinski definition) is 5. The van der Waals surface area contributed by atoms with Gasteiger partial charge in [0.05, 0.1) is 34.8 Å². The summed E-state index contributed by atoms with van der Waals surface area (Å²) in [5.41, 5.74) is 4.36. The van der Waals surface area contributed by atoms with Crippen LogP contribution in [0, 0.1) is 10.1 Å². The number of non-ortho nitro benzene ring substituents is 1. The summed E-state index contributed by atoms with van der Waals surface area (Å²) in [5.74, 6) is 0.827. The van der Waals surface area contributed by atoms with E-state index in [0.29, 0.717) is 13.1 Å². The number of nitro groups is 1. The SMILES string of the molecule is CN(C)Cc1cnc2n1-c1ccc([N+](=O)[O-])cc1C(c1ccccc1)=NC2. The lowest BCUT2D eigenvalue weighted by molar-refractivity contribution is -0.384. The minimum atomic E-state index is -0.372. The van der Waals surface area contributed by atoms with Gasteiger partial charge in [-0.15, -0.1) is 0 Å². The van der Waals surface area contributed by atoms with Gasteiger partial charge in [0.15, 0.2) is 0 Å². The zero-order chi connectivity index (χ0) is 19.0. The summed E-state index contributed by atoms with van der Waals surface area (Å²) < 4.78 is 2.07. The van der Waals surface area contributed by atoms with Crippen molar-refractivity contribution in [3.63, 3.8) is 0 Å². The van der Waals surface area contributed by atoms with Gasteiger partial charge in [-0.2, -0.15) is 0 Å². The number of hydrogen-bond donors (Lipinski definition) is 0. The molecule has 0 spiro atoms. The first kappa shape index (κ1) is 17.1. The zero-order valence-electron chi connectivity index (χ0n) is 15.2. The van der Waals surface area contributed by atoms with Gasteiger partial charge in [-0.25, -0.2) is 4.98 Å². The Hall–Kier alpha value is -3.32. The highest BCUT2D eigenvalue weighted by atomic mass is 16.6. The van der Waals surface area contributed by atoms with Gasteiger partial charge >= 0.3 is 0 Å². The van der Waals surface area contributed by atoms with E-state index in [0.717, 1.165) is 34.0 Å². The van der Waals surface area contributed by atoms with Crippen LogP contribution in [0.2, 0.25) is 0 Å². The van der Waals surface area contributed by atoms with Gasteiger partial charge in [0.2, 0.25) is 0 Å². The third-order valence-electron chi connectivity index (χ3n) is 4.50. The Kier molecular flexibility index (Phi) is 4.29. The number of rotatable bonds is 4. The molecule has 7 heteroatoms. The number of benzene rings is 2. The molecule has 0 saturated carbocycles. The molecule has 0 saturated heterocycles. The molecule has 1 aliphatic rings. The fourth-order valence-corrected chi connectivity index (χ4v) is 3.37. The second kappa shape index (κ2) is 6.77. The van der Waals surface area contributed by atoms with Gasteiger partial charge < -0.3 is 4.90 Å². The van der Waals surface area contributed by atoms with E-state index in [2.05, 4.69) is 14.5 Å². The Morgan fingerprint density at radius 2 is 1.96 bits per heavy atom. The molecule has 3 aromatic rings. The van der Waals surface area contributed by atoms with Crippen LogP contribution in [-0.2, 0) is 13.1 Å². The minimum absolute atomic E-state index is 0.0510. The maximum atomic E-state index is 11.4. The van der Waals surface area contributed by atoms with Crippen molar-refractivity contribution in [2.24, 2.45) is 4.99 Å². The van der Waals surface area contributed by atoms with Gasteiger partial charge in [0.25, 0.3) is 5.69 Å². The van der Waals surface area contributed by atoms with Gasteiger partial charge in [-0.05, 0) is 20.2 Å². The minimum Gasteiger partial charge on any atom is -0.304 e. The van der Waals surface area contributed by atoms with E-state index >= 15 is 0 Å². The Morgan fingerprint density at radius 1 is 1.19 bits per heavy atom. The molecular formula is C20H19N5O2. The Morgan fingerprint density at radius 3 is 2.67 bits per heavy atom. The van der Waals surface area contributed by atoms with Crippen molar-refractivity contribution < 1.29 is 4.92 Å². The number of nitro benzene ring substituents is 1. The molecule has 27 heavy (non-hydrogen) atoms. The highest BCUT2D eigenvalue weighted by Crippen LogP contribution is 2.29. The smallest absolute Gasteiger partial charge is 0.270 e. The number of aromatic nitrogens is 2. The summed E-state index contributed by atoms with van der Waals surface area (Å²) in [7, 11) is 4.00. The van der Waals surface area contributed by atoms with Crippen LogP contribution >= 0.6 is 0 Å². The van der Waals surface area contributed by atoms with E-state index < -0.39 is 0 Å². The Balaban J connectivity index is 1.96. The molecule has 1 aromatic heterocycles. The van der Waals surface area contributed by atoms with Crippen LogP contribution in [0.3, 0.4) is 0 Å². The van der Waals surface area contributed by atoms with Crippen molar-refractivity contribution in [3.8, 4) is 5.69 Å². The van der Waals surface area contributed by atoms with Crippen molar-refractivity contribution in [1.29, 1.82) is 0 Å². The number of nitrogens with zero attached hydrogens (tertiary/aromatic N) is 5. The topological polar surface area (TPSA) is 76.6 Å². The van der Waals surface area contributed by atoms with Crippen LogP contribution in [0.15, 0.2) is 59.7 Å². The molecule has 4 rings (SSSR count). The molecule has 7 nitrogen and oxygen atoms in total. The number of imidazole rings is 1. The van der Waals surface area contributed by atoms with Gasteiger partial charge in [0.1, 0.15) is 5.82 Å². The highest BCUT2D eigenvalue weighted by Gasteiger charge is 2.24. The summed E-state index contributed by atoms with van der Waals surface area (Å²) in [4.78, 5) is 22.4. The van der Waals surface area contributed by atoms with Gasteiger partial charge in [-0.3, -0.25) is 19.7 Å². The first-order chi connectivity index (χ1) is 13.0. The number of aliphatic imine (C=N–C) groups is 1. The largest absolute Gasteiger partial charge is 0.304 e. The Bertz CT molecular complexity index is 1040. The molecule has 0 atom stereocenters. The molecule has 136 valence electrons.